The summed E-state index contributed by atoms with van der Waals surface area (Å²) < 4.78 is 28.6. The molecule has 0 unspecified atom stereocenters. The fraction of sp³-hybridized carbons (Fsp3) is 0.214. The van der Waals surface area contributed by atoms with Gasteiger partial charge in [0, 0.05) is 19.3 Å². The molecule has 0 aliphatic heterocycles. The number of rotatable bonds is 3. The van der Waals surface area contributed by atoms with Gasteiger partial charge >= 0.3 is 0 Å². The Hall–Kier alpha value is -2.35. The van der Waals surface area contributed by atoms with Crippen LogP contribution in [0, 0.1) is 29.9 Å². The number of benzene rings is 1. The molecule has 1 N–H and O–H groups in total. The van der Waals surface area contributed by atoms with E-state index in [0.717, 1.165) is 11.3 Å². The number of para-hydroxylation sites is 1. The van der Waals surface area contributed by atoms with Crippen LogP contribution >= 0.6 is 0 Å². The Bertz CT molecular complexity index is 633. The van der Waals surface area contributed by atoms with Crippen molar-refractivity contribution in [2.45, 2.75) is 13.5 Å². The first-order chi connectivity index (χ1) is 9.04. The van der Waals surface area contributed by atoms with Gasteiger partial charge in [-0.25, -0.2) is 8.78 Å². The van der Waals surface area contributed by atoms with E-state index in [1.165, 1.54) is 18.2 Å². The standard InChI is InChI=1S/C14H13F2N3/c1-9-10(6-11(7-17)19(9)2)8-18-14-12(15)4-3-5-13(14)16/h3-6,18H,8H2,1-2H3. The van der Waals surface area contributed by atoms with Crippen molar-refractivity contribution in [3.8, 4) is 6.07 Å². The Labute approximate surface area is 110 Å². The van der Waals surface area contributed by atoms with Crippen LogP contribution in [-0.4, -0.2) is 4.57 Å². The molecule has 0 saturated carbocycles. The molecule has 5 heteroatoms. The Morgan fingerprint density at radius 1 is 1.32 bits per heavy atom. The molecule has 2 aromatic rings. The van der Waals surface area contributed by atoms with E-state index in [2.05, 4.69) is 11.4 Å². The fourth-order valence-electron chi connectivity index (χ4n) is 1.90. The lowest BCUT2D eigenvalue weighted by Gasteiger charge is -2.08. The fourth-order valence-corrected chi connectivity index (χ4v) is 1.90. The molecule has 19 heavy (non-hydrogen) atoms. The number of nitrogens with zero attached hydrogens (tertiary/aromatic N) is 2. The Morgan fingerprint density at radius 3 is 2.47 bits per heavy atom. The summed E-state index contributed by atoms with van der Waals surface area (Å²) >= 11 is 0. The summed E-state index contributed by atoms with van der Waals surface area (Å²) in [5, 5.41) is 11.6. The maximum absolute atomic E-state index is 13.4. The molecule has 1 aromatic carbocycles. The second-order valence-corrected chi connectivity index (χ2v) is 4.26. The maximum Gasteiger partial charge on any atom is 0.149 e. The van der Waals surface area contributed by atoms with Crippen molar-refractivity contribution in [2.75, 3.05) is 5.32 Å². The zero-order chi connectivity index (χ0) is 14.0. The molecule has 0 aliphatic rings. The molecule has 0 saturated heterocycles. The van der Waals surface area contributed by atoms with E-state index in [0.29, 0.717) is 5.69 Å². The Morgan fingerprint density at radius 2 is 1.95 bits per heavy atom. The summed E-state index contributed by atoms with van der Waals surface area (Å²) in [6.45, 7) is 2.12. The summed E-state index contributed by atoms with van der Waals surface area (Å²) in [6.07, 6.45) is 0. The molecule has 2 rings (SSSR count). The third-order valence-corrected chi connectivity index (χ3v) is 3.17. The molecule has 98 valence electrons. The van der Waals surface area contributed by atoms with Gasteiger partial charge in [0.1, 0.15) is 29.1 Å². The van der Waals surface area contributed by atoms with E-state index in [1.807, 2.05) is 6.92 Å². The molecular weight excluding hydrogens is 248 g/mol. The zero-order valence-electron chi connectivity index (χ0n) is 10.7. The minimum Gasteiger partial charge on any atom is -0.376 e. The van der Waals surface area contributed by atoms with Crippen LogP contribution in [0.4, 0.5) is 14.5 Å². The molecule has 1 aromatic heterocycles. The highest BCUT2D eigenvalue weighted by atomic mass is 19.1. The van der Waals surface area contributed by atoms with Crippen LogP contribution < -0.4 is 5.32 Å². The second-order valence-electron chi connectivity index (χ2n) is 4.26. The maximum atomic E-state index is 13.4. The summed E-state index contributed by atoms with van der Waals surface area (Å²) in [6, 6.07) is 7.49. The van der Waals surface area contributed by atoms with Gasteiger partial charge in [0.15, 0.2) is 0 Å². The van der Waals surface area contributed by atoms with Gasteiger partial charge < -0.3 is 9.88 Å². The monoisotopic (exact) mass is 261 g/mol. The lowest BCUT2D eigenvalue weighted by Crippen LogP contribution is -2.04. The average Bonchev–Trinajstić information content (AvgIpc) is 2.66. The second kappa shape index (κ2) is 5.11. The van der Waals surface area contributed by atoms with Crippen molar-refractivity contribution in [3.63, 3.8) is 0 Å². The molecule has 0 amide bonds. The molecule has 0 spiro atoms. The Kier molecular flexibility index (Phi) is 3.52. The van der Waals surface area contributed by atoms with Crippen molar-refractivity contribution in [3.05, 3.63) is 52.9 Å². The summed E-state index contributed by atoms with van der Waals surface area (Å²) in [4.78, 5) is 0. The zero-order valence-corrected chi connectivity index (χ0v) is 10.7. The number of hydrogen-bond donors (Lipinski definition) is 1. The van der Waals surface area contributed by atoms with Crippen molar-refractivity contribution in [2.24, 2.45) is 7.05 Å². The predicted molar refractivity (Wildman–Crippen MR) is 68.5 cm³/mol. The van der Waals surface area contributed by atoms with E-state index >= 15 is 0 Å². The number of aromatic nitrogens is 1. The highest BCUT2D eigenvalue weighted by Crippen LogP contribution is 2.20. The van der Waals surface area contributed by atoms with E-state index in [-0.39, 0.29) is 12.2 Å². The minimum atomic E-state index is -0.630. The van der Waals surface area contributed by atoms with Crippen molar-refractivity contribution in [1.82, 2.24) is 4.57 Å². The molecule has 0 radical (unpaired) electrons. The van der Waals surface area contributed by atoms with E-state index in [1.54, 1.807) is 17.7 Å². The van der Waals surface area contributed by atoms with Gasteiger partial charge in [-0.2, -0.15) is 5.26 Å². The van der Waals surface area contributed by atoms with Crippen LogP contribution in [0.15, 0.2) is 24.3 Å². The molecule has 0 atom stereocenters. The largest absolute Gasteiger partial charge is 0.376 e. The summed E-state index contributed by atoms with van der Waals surface area (Å²) in [7, 11) is 1.78. The number of hydrogen-bond acceptors (Lipinski definition) is 2. The van der Waals surface area contributed by atoms with Crippen molar-refractivity contribution >= 4 is 5.69 Å². The van der Waals surface area contributed by atoms with E-state index in [9.17, 15) is 8.78 Å². The summed E-state index contributed by atoms with van der Waals surface area (Å²) in [5.74, 6) is -1.26. The minimum absolute atomic E-state index is 0.149. The van der Waals surface area contributed by atoms with Gasteiger partial charge in [0.25, 0.3) is 0 Å². The number of halogens is 2. The summed E-state index contributed by atoms with van der Waals surface area (Å²) in [5.41, 5.74) is 2.09. The number of anilines is 1. The van der Waals surface area contributed by atoms with Gasteiger partial charge in [0.05, 0.1) is 0 Å². The van der Waals surface area contributed by atoms with Crippen molar-refractivity contribution < 1.29 is 8.78 Å². The van der Waals surface area contributed by atoms with Crippen LogP contribution in [0.1, 0.15) is 17.0 Å². The average molecular weight is 261 g/mol. The first-order valence-corrected chi connectivity index (χ1v) is 5.77. The number of nitrogens with one attached hydrogen (secondary N) is 1. The molecule has 1 heterocycles. The smallest absolute Gasteiger partial charge is 0.149 e. The predicted octanol–water partition coefficient (Wildman–Crippen LogP) is 3.10. The first-order valence-electron chi connectivity index (χ1n) is 5.77. The van der Waals surface area contributed by atoms with Gasteiger partial charge in [-0.15, -0.1) is 0 Å². The van der Waals surface area contributed by atoms with Crippen LogP contribution in [0.3, 0.4) is 0 Å². The van der Waals surface area contributed by atoms with Crippen LogP contribution in [0.25, 0.3) is 0 Å². The third kappa shape index (κ3) is 2.43. The lowest BCUT2D eigenvalue weighted by atomic mass is 10.2. The Balaban J connectivity index is 2.22. The molecule has 3 nitrogen and oxygen atoms in total. The normalized spacial score (nSPS) is 10.3. The SMILES string of the molecule is Cc1c(CNc2c(F)cccc2F)cc(C#N)n1C. The highest BCUT2D eigenvalue weighted by molar-refractivity contribution is 5.47. The lowest BCUT2D eigenvalue weighted by molar-refractivity contribution is 0.588. The van der Waals surface area contributed by atoms with Gasteiger partial charge in [0.2, 0.25) is 0 Å². The van der Waals surface area contributed by atoms with Crippen molar-refractivity contribution in [1.29, 1.82) is 5.26 Å². The van der Waals surface area contributed by atoms with E-state index in [4.69, 9.17) is 5.26 Å². The van der Waals surface area contributed by atoms with Crippen LogP contribution in [-0.2, 0) is 13.6 Å². The van der Waals surface area contributed by atoms with Crippen LogP contribution in [0.5, 0.6) is 0 Å². The highest BCUT2D eigenvalue weighted by Gasteiger charge is 2.11. The molecule has 0 aliphatic carbocycles. The molecule has 0 fully saturated rings. The van der Waals surface area contributed by atoms with Gasteiger partial charge in [-0.1, -0.05) is 6.07 Å². The van der Waals surface area contributed by atoms with Gasteiger partial charge in [-0.05, 0) is 30.7 Å². The molecule has 0 bridgehead atoms. The molecular formula is C14H13F2N3. The van der Waals surface area contributed by atoms with E-state index < -0.39 is 11.6 Å². The topological polar surface area (TPSA) is 40.8 Å². The van der Waals surface area contributed by atoms with Gasteiger partial charge in [-0.3, -0.25) is 0 Å². The van der Waals surface area contributed by atoms with Crippen LogP contribution in [0.2, 0.25) is 0 Å². The number of nitriles is 1. The first kappa shape index (κ1) is 13.1. The third-order valence-electron chi connectivity index (χ3n) is 3.17. The quantitative estimate of drug-likeness (QED) is 0.922.